The number of benzene rings is 1. The summed E-state index contributed by atoms with van der Waals surface area (Å²) in [6.07, 6.45) is 10.8. The summed E-state index contributed by atoms with van der Waals surface area (Å²) in [7, 11) is 1.91. The molecule has 1 aromatic carbocycles. The lowest BCUT2D eigenvalue weighted by Gasteiger charge is -2.61. The predicted molar refractivity (Wildman–Crippen MR) is 126 cm³/mol. The Kier molecular flexibility index (Phi) is 5.43. The molecule has 3 heteroatoms. The van der Waals surface area contributed by atoms with E-state index in [1.165, 1.54) is 38.5 Å². The van der Waals surface area contributed by atoms with Crippen LogP contribution in [0.2, 0.25) is 0 Å². The van der Waals surface area contributed by atoms with Crippen molar-refractivity contribution in [2.75, 3.05) is 7.11 Å². The van der Waals surface area contributed by atoms with Crippen LogP contribution in [0.4, 0.5) is 0 Å². The van der Waals surface area contributed by atoms with E-state index >= 15 is 0 Å². The molecule has 0 radical (unpaired) electrons. The van der Waals surface area contributed by atoms with Gasteiger partial charge in [-0.3, -0.25) is 0 Å². The van der Waals surface area contributed by atoms with E-state index in [0.717, 1.165) is 42.6 Å². The van der Waals surface area contributed by atoms with Crippen molar-refractivity contribution in [3.05, 3.63) is 35.4 Å². The molecule has 4 aliphatic carbocycles. The van der Waals surface area contributed by atoms with E-state index in [1.807, 2.05) is 19.2 Å². The molecule has 0 bridgehead atoms. The maximum atomic E-state index is 11.4. The molecule has 0 aliphatic heterocycles. The van der Waals surface area contributed by atoms with Crippen LogP contribution >= 0.6 is 0 Å². The fourth-order valence-electron chi connectivity index (χ4n) is 8.51. The molecule has 1 aromatic rings. The molecule has 170 valence electrons. The summed E-state index contributed by atoms with van der Waals surface area (Å²) in [5, 5.41) is 20.4. The second-order valence-corrected chi connectivity index (χ2v) is 11.7. The zero-order valence-corrected chi connectivity index (χ0v) is 19.9. The molecule has 0 aromatic heterocycles. The Morgan fingerprint density at radius 3 is 2.34 bits per heavy atom. The molecule has 3 nitrogen and oxygen atoms in total. The molecule has 4 saturated carbocycles. The van der Waals surface area contributed by atoms with Gasteiger partial charge in [-0.05, 0) is 117 Å². The first-order chi connectivity index (χ1) is 15.3. The topological polar surface area (TPSA) is 53.2 Å². The first-order valence-corrected chi connectivity index (χ1v) is 12.6. The van der Waals surface area contributed by atoms with Gasteiger partial charge in [-0.1, -0.05) is 25.7 Å². The first kappa shape index (κ1) is 22.0. The van der Waals surface area contributed by atoms with E-state index in [-0.39, 0.29) is 0 Å². The highest BCUT2D eigenvalue weighted by molar-refractivity contribution is 5.41. The number of aliphatic hydroxyl groups is 1. The van der Waals surface area contributed by atoms with Gasteiger partial charge in [-0.2, -0.15) is 5.26 Å². The maximum absolute atomic E-state index is 11.4. The fourth-order valence-corrected chi connectivity index (χ4v) is 8.51. The molecule has 0 saturated heterocycles. The standard InChI is InChI=1S/C29H37NO2/c1-27-16-17-29(31,15-12-20-4-6-21(19-30)7-5-20)18-22(27)8-9-23-24-10-11-26(32-3)28(24,2)14-13-25(23)27/h4-7,22-26,31H,8-11,13-14,16-18H2,1-3H3/t22-,23+,24+,25+,26?,27+,28+,29-/m1/s1. The summed E-state index contributed by atoms with van der Waals surface area (Å²) < 4.78 is 5.93. The summed E-state index contributed by atoms with van der Waals surface area (Å²) in [5.41, 5.74) is 1.32. The molecule has 1 unspecified atom stereocenters. The summed E-state index contributed by atoms with van der Waals surface area (Å²) in [5.74, 6) is 9.40. The maximum Gasteiger partial charge on any atom is 0.126 e. The lowest BCUT2D eigenvalue weighted by Crippen LogP contribution is -2.56. The van der Waals surface area contributed by atoms with Gasteiger partial charge in [0.25, 0.3) is 0 Å². The number of nitriles is 1. The summed E-state index contributed by atoms with van der Waals surface area (Å²) in [6, 6.07) is 9.48. The lowest BCUT2D eigenvalue weighted by atomic mass is 9.44. The largest absolute Gasteiger partial charge is 0.381 e. The fraction of sp³-hybridized carbons (Fsp3) is 0.690. The van der Waals surface area contributed by atoms with E-state index in [2.05, 4.69) is 31.8 Å². The average molecular weight is 432 g/mol. The number of fused-ring (bicyclic) bond motifs is 5. The van der Waals surface area contributed by atoms with Crippen LogP contribution in [0.3, 0.4) is 0 Å². The number of rotatable bonds is 1. The zero-order chi connectivity index (χ0) is 22.6. The van der Waals surface area contributed by atoms with Gasteiger partial charge in [0.2, 0.25) is 0 Å². The van der Waals surface area contributed by atoms with Crippen LogP contribution in [0.5, 0.6) is 0 Å². The van der Waals surface area contributed by atoms with Crippen molar-refractivity contribution in [3.63, 3.8) is 0 Å². The van der Waals surface area contributed by atoms with Crippen LogP contribution < -0.4 is 0 Å². The average Bonchev–Trinajstić information content (AvgIpc) is 3.15. The SMILES string of the molecule is COC1CC[C@H]2[C@@H]3CC[C@@H]4C[C@@](O)(C#Cc5ccc(C#N)cc5)CC[C@]4(C)[C@H]3CC[C@]12C. The smallest absolute Gasteiger partial charge is 0.126 e. The van der Waals surface area contributed by atoms with Gasteiger partial charge in [0.1, 0.15) is 5.60 Å². The van der Waals surface area contributed by atoms with Crippen LogP contribution in [0.15, 0.2) is 24.3 Å². The lowest BCUT2D eigenvalue weighted by molar-refractivity contribution is -0.146. The highest BCUT2D eigenvalue weighted by atomic mass is 16.5. The normalized spacial score (nSPS) is 44.9. The second-order valence-electron chi connectivity index (χ2n) is 11.7. The number of nitrogens with zero attached hydrogens (tertiary/aromatic N) is 1. The van der Waals surface area contributed by atoms with Gasteiger partial charge in [0.05, 0.1) is 17.7 Å². The van der Waals surface area contributed by atoms with E-state index < -0.39 is 5.60 Å². The molecule has 0 heterocycles. The van der Waals surface area contributed by atoms with Crippen molar-refractivity contribution in [2.45, 2.75) is 83.3 Å². The highest BCUT2D eigenvalue weighted by Gasteiger charge is 2.61. The van der Waals surface area contributed by atoms with Gasteiger partial charge in [-0.15, -0.1) is 0 Å². The molecule has 0 spiro atoms. The third kappa shape index (κ3) is 3.41. The van der Waals surface area contributed by atoms with Crippen LogP contribution in [-0.4, -0.2) is 23.9 Å². The second kappa shape index (κ2) is 7.90. The van der Waals surface area contributed by atoms with Crippen LogP contribution in [-0.2, 0) is 4.74 Å². The molecular weight excluding hydrogens is 394 g/mol. The monoisotopic (exact) mass is 431 g/mol. The quantitative estimate of drug-likeness (QED) is 0.581. The molecule has 0 amide bonds. The van der Waals surface area contributed by atoms with Crippen LogP contribution in [0.1, 0.15) is 82.8 Å². The van der Waals surface area contributed by atoms with Crippen molar-refractivity contribution in [3.8, 4) is 17.9 Å². The van der Waals surface area contributed by atoms with Gasteiger partial charge in [0, 0.05) is 12.7 Å². The summed E-state index contributed by atoms with van der Waals surface area (Å²) >= 11 is 0. The molecule has 5 rings (SSSR count). The Morgan fingerprint density at radius 1 is 0.906 bits per heavy atom. The minimum absolute atomic E-state index is 0.331. The van der Waals surface area contributed by atoms with Gasteiger partial charge < -0.3 is 9.84 Å². The Morgan fingerprint density at radius 2 is 1.62 bits per heavy atom. The van der Waals surface area contributed by atoms with E-state index in [4.69, 9.17) is 10.00 Å². The molecule has 8 atom stereocenters. The molecular formula is C29H37NO2. The number of methoxy groups -OCH3 is 1. The molecule has 32 heavy (non-hydrogen) atoms. The van der Waals surface area contributed by atoms with Gasteiger partial charge in [-0.25, -0.2) is 0 Å². The van der Waals surface area contributed by atoms with Crippen molar-refractivity contribution >= 4 is 0 Å². The van der Waals surface area contributed by atoms with E-state index in [0.29, 0.717) is 28.4 Å². The van der Waals surface area contributed by atoms with Crippen LogP contribution in [0.25, 0.3) is 0 Å². The summed E-state index contributed by atoms with van der Waals surface area (Å²) in [6.45, 7) is 5.04. The number of ether oxygens (including phenoxy) is 1. The molecule has 4 aliphatic rings. The third-order valence-corrected chi connectivity index (χ3v) is 10.4. The van der Waals surface area contributed by atoms with Crippen LogP contribution in [0, 0.1) is 57.7 Å². The van der Waals surface area contributed by atoms with Gasteiger partial charge >= 0.3 is 0 Å². The molecule has 1 N–H and O–H groups in total. The third-order valence-electron chi connectivity index (χ3n) is 10.4. The zero-order valence-electron chi connectivity index (χ0n) is 19.9. The minimum atomic E-state index is -0.886. The number of hydrogen-bond acceptors (Lipinski definition) is 3. The van der Waals surface area contributed by atoms with E-state index in [1.54, 1.807) is 12.1 Å². The van der Waals surface area contributed by atoms with Crippen molar-refractivity contribution < 1.29 is 9.84 Å². The Balaban J connectivity index is 1.33. The number of hydrogen-bond donors (Lipinski definition) is 1. The first-order valence-electron chi connectivity index (χ1n) is 12.6. The Labute approximate surface area is 193 Å². The van der Waals surface area contributed by atoms with Crippen molar-refractivity contribution in [2.24, 2.45) is 34.5 Å². The minimum Gasteiger partial charge on any atom is -0.381 e. The predicted octanol–water partition coefficient (Wildman–Crippen LogP) is 5.70. The van der Waals surface area contributed by atoms with Crippen molar-refractivity contribution in [1.82, 2.24) is 0 Å². The highest BCUT2D eigenvalue weighted by Crippen LogP contribution is 2.67. The Bertz CT molecular complexity index is 968. The van der Waals surface area contributed by atoms with E-state index in [9.17, 15) is 5.11 Å². The molecule has 4 fully saturated rings. The van der Waals surface area contributed by atoms with Gasteiger partial charge in [0.15, 0.2) is 0 Å². The van der Waals surface area contributed by atoms with Crippen molar-refractivity contribution in [1.29, 1.82) is 5.26 Å². The Hall–Kier alpha value is -1.81. The summed E-state index contributed by atoms with van der Waals surface area (Å²) in [4.78, 5) is 0.